The lowest BCUT2D eigenvalue weighted by Gasteiger charge is -2.11. The molecule has 0 aliphatic rings. The van der Waals surface area contributed by atoms with Crippen LogP contribution in [0.4, 0.5) is 0 Å². The van der Waals surface area contributed by atoms with Crippen molar-refractivity contribution < 1.29 is 14.9 Å². The quantitative estimate of drug-likeness (QED) is 0.520. The highest BCUT2D eigenvalue weighted by atomic mass is 16.5. The Balaban J connectivity index is 3.13. The average molecular weight is 246 g/mol. The Kier molecular flexibility index (Phi) is 12.3. The lowest BCUT2D eigenvalue weighted by Crippen LogP contribution is -2.04. The molecule has 3 heteroatoms. The summed E-state index contributed by atoms with van der Waals surface area (Å²) in [6.45, 7) is 6.61. The molecule has 0 aromatic heterocycles. The van der Waals surface area contributed by atoms with Gasteiger partial charge in [0.2, 0.25) is 0 Å². The van der Waals surface area contributed by atoms with Crippen LogP contribution in [0.5, 0.6) is 0 Å². The minimum atomic E-state index is 0.296. The second-order valence-electron chi connectivity index (χ2n) is 5.13. The van der Waals surface area contributed by atoms with E-state index >= 15 is 0 Å². The van der Waals surface area contributed by atoms with Crippen LogP contribution >= 0.6 is 0 Å². The van der Waals surface area contributed by atoms with E-state index in [2.05, 4.69) is 13.8 Å². The molecule has 0 aromatic rings. The molecule has 2 N–H and O–H groups in total. The highest BCUT2D eigenvalue weighted by Gasteiger charge is 2.02. The first kappa shape index (κ1) is 16.9. The lowest BCUT2D eigenvalue weighted by molar-refractivity contribution is 0.118. The van der Waals surface area contributed by atoms with Gasteiger partial charge in [-0.05, 0) is 50.4 Å². The fraction of sp³-hybridized carbons (Fsp3) is 1.00. The summed E-state index contributed by atoms with van der Waals surface area (Å²) in [6.07, 6.45) is 6.26. The van der Waals surface area contributed by atoms with Gasteiger partial charge in [0.1, 0.15) is 0 Å². The normalized spacial score (nSPS) is 14.8. The number of rotatable bonds is 12. The summed E-state index contributed by atoms with van der Waals surface area (Å²) in [6, 6.07) is 0. The predicted octanol–water partition coefficient (Wildman–Crippen LogP) is 2.60. The van der Waals surface area contributed by atoms with Gasteiger partial charge >= 0.3 is 0 Å². The van der Waals surface area contributed by atoms with Crippen molar-refractivity contribution in [3.8, 4) is 0 Å². The molecule has 0 bridgehead atoms. The third-order valence-electron chi connectivity index (χ3n) is 3.21. The van der Waals surface area contributed by atoms with E-state index in [9.17, 15) is 0 Å². The van der Waals surface area contributed by atoms with Crippen LogP contribution in [-0.4, -0.2) is 36.6 Å². The molecule has 0 aromatic carbocycles. The van der Waals surface area contributed by atoms with Gasteiger partial charge in [0, 0.05) is 26.4 Å². The van der Waals surface area contributed by atoms with E-state index in [0.717, 1.165) is 51.7 Å². The van der Waals surface area contributed by atoms with Crippen molar-refractivity contribution in [3.63, 3.8) is 0 Å². The number of ether oxygens (including phenoxy) is 1. The summed E-state index contributed by atoms with van der Waals surface area (Å²) in [5, 5.41) is 17.5. The van der Waals surface area contributed by atoms with Gasteiger partial charge < -0.3 is 14.9 Å². The van der Waals surface area contributed by atoms with Crippen molar-refractivity contribution in [2.24, 2.45) is 11.8 Å². The third-order valence-corrected chi connectivity index (χ3v) is 3.21. The molecule has 0 spiro atoms. The van der Waals surface area contributed by atoms with Gasteiger partial charge in [0.05, 0.1) is 0 Å². The zero-order chi connectivity index (χ0) is 12.9. The Labute approximate surface area is 106 Å². The number of aliphatic hydroxyl groups is 2. The second-order valence-corrected chi connectivity index (χ2v) is 5.13. The molecular weight excluding hydrogens is 216 g/mol. The summed E-state index contributed by atoms with van der Waals surface area (Å²) in [7, 11) is 0. The largest absolute Gasteiger partial charge is 0.396 e. The third kappa shape index (κ3) is 12.1. The summed E-state index contributed by atoms with van der Waals surface area (Å²) >= 11 is 0. The van der Waals surface area contributed by atoms with E-state index in [4.69, 9.17) is 14.9 Å². The Morgan fingerprint density at radius 2 is 1.18 bits per heavy atom. The topological polar surface area (TPSA) is 49.7 Å². The zero-order valence-corrected chi connectivity index (χ0v) is 11.5. The first-order chi connectivity index (χ1) is 8.20. The van der Waals surface area contributed by atoms with E-state index in [1.807, 2.05) is 0 Å². The van der Waals surface area contributed by atoms with Crippen molar-refractivity contribution >= 4 is 0 Å². The summed E-state index contributed by atoms with van der Waals surface area (Å²) in [5.41, 5.74) is 0. The van der Waals surface area contributed by atoms with Crippen LogP contribution in [0.3, 0.4) is 0 Å². The molecule has 0 saturated carbocycles. The van der Waals surface area contributed by atoms with E-state index in [0.29, 0.717) is 25.0 Å². The monoisotopic (exact) mass is 246 g/mol. The second kappa shape index (κ2) is 12.3. The molecule has 0 heterocycles. The zero-order valence-electron chi connectivity index (χ0n) is 11.5. The first-order valence-electron chi connectivity index (χ1n) is 7.00. The van der Waals surface area contributed by atoms with Crippen molar-refractivity contribution in [1.82, 2.24) is 0 Å². The fourth-order valence-electron chi connectivity index (χ4n) is 1.90. The van der Waals surface area contributed by atoms with Crippen LogP contribution in [0.25, 0.3) is 0 Å². The van der Waals surface area contributed by atoms with Crippen LogP contribution in [0.2, 0.25) is 0 Å². The molecule has 0 rings (SSSR count). The Morgan fingerprint density at radius 3 is 1.53 bits per heavy atom. The van der Waals surface area contributed by atoms with Crippen LogP contribution in [-0.2, 0) is 4.74 Å². The van der Waals surface area contributed by atoms with Gasteiger partial charge in [-0.15, -0.1) is 0 Å². The van der Waals surface area contributed by atoms with Crippen molar-refractivity contribution in [1.29, 1.82) is 0 Å². The van der Waals surface area contributed by atoms with Crippen LogP contribution in [0, 0.1) is 11.8 Å². The van der Waals surface area contributed by atoms with E-state index in [1.54, 1.807) is 0 Å². The van der Waals surface area contributed by atoms with E-state index in [1.165, 1.54) is 0 Å². The maximum Gasteiger partial charge on any atom is 0.0466 e. The smallest absolute Gasteiger partial charge is 0.0466 e. The summed E-state index contributed by atoms with van der Waals surface area (Å²) < 4.78 is 5.57. The summed E-state index contributed by atoms with van der Waals surface area (Å²) in [4.78, 5) is 0. The molecule has 3 nitrogen and oxygen atoms in total. The van der Waals surface area contributed by atoms with E-state index in [-0.39, 0.29) is 0 Å². The van der Waals surface area contributed by atoms with Crippen molar-refractivity contribution in [2.45, 2.75) is 52.4 Å². The van der Waals surface area contributed by atoms with Crippen LogP contribution < -0.4 is 0 Å². The molecule has 0 radical (unpaired) electrons. The summed E-state index contributed by atoms with van der Waals surface area (Å²) in [5.74, 6) is 1.21. The first-order valence-corrected chi connectivity index (χ1v) is 7.00. The Morgan fingerprint density at radius 1 is 0.765 bits per heavy atom. The molecule has 17 heavy (non-hydrogen) atoms. The van der Waals surface area contributed by atoms with Crippen LogP contribution in [0.1, 0.15) is 52.4 Å². The minimum absolute atomic E-state index is 0.296. The molecule has 0 amide bonds. The Hall–Kier alpha value is -0.120. The maximum atomic E-state index is 8.76. The highest BCUT2D eigenvalue weighted by Crippen LogP contribution is 2.11. The number of aliphatic hydroxyl groups excluding tert-OH is 2. The van der Waals surface area contributed by atoms with Gasteiger partial charge in [-0.1, -0.05) is 13.8 Å². The van der Waals surface area contributed by atoms with Gasteiger partial charge in [0.25, 0.3) is 0 Å². The molecular formula is C14H30O3. The molecule has 2 unspecified atom stereocenters. The molecule has 0 aliphatic heterocycles. The average Bonchev–Trinajstić information content (AvgIpc) is 2.28. The van der Waals surface area contributed by atoms with E-state index < -0.39 is 0 Å². The minimum Gasteiger partial charge on any atom is -0.396 e. The lowest BCUT2D eigenvalue weighted by atomic mass is 10.0. The molecule has 0 saturated heterocycles. The van der Waals surface area contributed by atoms with Gasteiger partial charge in [-0.2, -0.15) is 0 Å². The van der Waals surface area contributed by atoms with Crippen LogP contribution in [0.15, 0.2) is 0 Å². The number of hydrogen-bond acceptors (Lipinski definition) is 3. The Bertz CT molecular complexity index is 134. The van der Waals surface area contributed by atoms with Crippen molar-refractivity contribution in [2.75, 3.05) is 26.4 Å². The maximum absolute atomic E-state index is 8.76. The highest BCUT2D eigenvalue weighted by molar-refractivity contribution is 4.53. The predicted molar refractivity (Wildman–Crippen MR) is 71.0 cm³/mol. The fourth-order valence-corrected chi connectivity index (χ4v) is 1.90. The molecule has 2 atom stereocenters. The molecule has 104 valence electrons. The standard InChI is InChI=1S/C14H30O3/c1-13(7-9-15)5-3-11-17-12-4-6-14(2)8-10-16/h13-16H,3-12H2,1-2H3. The SMILES string of the molecule is CC(CCO)CCCOCCCC(C)CCO. The van der Waals surface area contributed by atoms with Gasteiger partial charge in [0.15, 0.2) is 0 Å². The van der Waals surface area contributed by atoms with Gasteiger partial charge in [-0.25, -0.2) is 0 Å². The molecule has 0 fully saturated rings. The van der Waals surface area contributed by atoms with Crippen molar-refractivity contribution in [3.05, 3.63) is 0 Å². The molecule has 0 aliphatic carbocycles. The number of hydrogen-bond donors (Lipinski definition) is 2. The van der Waals surface area contributed by atoms with Gasteiger partial charge in [-0.3, -0.25) is 0 Å².